The van der Waals surface area contributed by atoms with Crippen molar-refractivity contribution in [3.05, 3.63) is 78.4 Å². The highest BCUT2D eigenvalue weighted by Crippen LogP contribution is 2.14. The number of amides is 1. The van der Waals surface area contributed by atoms with Gasteiger partial charge in [-0.3, -0.25) is 4.79 Å². The monoisotopic (exact) mass is 370 g/mol. The van der Waals surface area contributed by atoms with Gasteiger partial charge in [0.15, 0.2) is 0 Å². The van der Waals surface area contributed by atoms with E-state index in [4.69, 9.17) is 0 Å². The van der Waals surface area contributed by atoms with Crippen LogP contribution in [-0.2, 0) is 21.2 Å². The molecule has 0 spiro atoms. The Morgan fingerprint density at radius 1 is 1.08 bits per heavy atom. The minimum Gasteiger partial charge on any atom is -0.323 e. The molecule has 0 aromatic heterocycles. The number of hydrogen-bond acceptors (Lipinski definition) is 3. The molecule has 6 heteroatoms. The predicted octanol–water partition coefficient (Wildman–Crippen LogP) is 3.37. The Morgan fingerprint density at radius 2 is 1.73 bits per heavy atom. The molecular weight excluding hydrogens is 348 g/mol. The van der Waals surface area contributed by atoms with Crippen molar-refractivity contribution in [2.24, 2.45) is 0 Å². The van der Waals surface area contributed by atoms with Crippen LogP contribution >= 0.6 is 0 Å². The van der Waals surface area contributed by atoms with Gasteiger partial charge in [0.05, 0.1) is 4.90 Å². The molecule has 0 radical (unpaired) electrons. The van der Waals surface area contributed by atoms with Crippen LogP contribution in [0.5, 0.6) is 0 Å². The number of nitrogens with one attached hydrogen (secondary N) is 2. The van der Waals surface area contributed by atoms with Crippen LogP contribution in [0, 0.1) is 0 Å². The normalized spacial score (nSPS) is 11.4. The largest absolute Gasteiger partial charge is 0.323 e. The first-order valence-corrected chi connectivity index (χ1v) is 9.71. The third kappa shape index (κ3) is 5.68. The maximum absolute atomic E-state index is 12.0. The van der Waals surface area contributed by atoms with E-state index < -0.39 is 10.0 Å². The topological polar surface area (TPSA) is 75.3 Å². The fourth-order valence-electron chi connectivity index (χ4n) is 2.19. The number of aryl methyl sites for hydroxylation is 1. The van der Waals surface area contributed by atoms with Gasteiger partial charge in [-0.15, -0.1) is 6.58 Å². The Labute approximate surface area is 154 Å². The number of benzene rings is 2. The summed E-state index contributed by atoms with van der Waals surface area (Å²) in [4.78, 5) is 12.1. The molecule has 0 heterocycles. The molecule has 5 nitrogen and oxygen atoms in total. The van der Waals surface area contributed by atoms with Crippen LogP contribution in [0.4, 0.5) is 5.69 Å². The van der Waals surface area contributed by atoms with Crippen molar-refractivity contribution in [2.45, 2.75) is 18.2 Å². The van der Waals surface area contributed by atoms with E-state index in [1.54, 1.807) is 18.2 Å². The summed E-state index contributed by atoms with van der Waals surface area (Å²) in [5.41, 5.74) is 2.69. The van der Waals surface area contributed by atoms with E-state index in [-0.39, 0.29) is 17.3 Å². The zero-order chi connectivity index (χ0) is 19.0. The Kier molecular flexibility index (Phi) is 6.89. The number of carbonyl (C=O) groups is 1. The lowest BCUT2D eigenvalue weighted by atomic mass is 10.1. The van der Waals surface area contributed by atoms with Gasteiger partial charge in [0.1, 0.15) is 0 Å². The second-order valence-electron chi connectivity index (χ2n) is 5.58. The highest BCUT2D eigenvalue weighted by molar-refractivity contribution is 7.89. The minimum atomic E-state index is -3.57. The van der Waals surface area contributed by atoms with Gasteiger partial charge in [-0.05, 0) is 47.9 Å². The summed E-state index contributed by atoms with van der Waals surface area (Å²) in [6.07, 6.45) is 5.61. The molecule has 0 aliphatic carbocycles. The molecule has 0 unspecified atom stereocenters. The number of sulfonamides is 1. The van der Waals surface area contributed by atoms with Crippen molar-refractivity contribution >= 4 is 27.7 Å². The second kappa shape index (κ2) is 9.12. The molecule has 0 saturated heterocycles. The lowest BCUT2D eigenvalue weighted by Crippen LogP contribution is -2.23. The molecule has 2 rings (SSSR count). The first-order chi connectivity index (χ1) is 12.4. The van der Waals surface area contributed by atoms with Crippen molar-refractivity contribution in [1.29, 1.82) is 0 Å². The van der Waals surface area contributed by atoms with Crippen LogP contribution in [0.3, 0.4) is 0 Å². The van der Waals surface area contributed by atoms with Gasteiger partial charge < -0.3 is 5.32 Å². The van der Waals surface area contributed by atoms with Gasteiger partial charge in [-0.25, -0.2) is 13.1 Å². The van der Waals surface area contributed by atoms with Crippen LogP contribution in [0.15, 0.2) is 72.2 Å². The van der Waals surface area contributed by atoms with Gasteiger partial charge >= 0.3 is 0 Å². The van der Waals surface area contributed by atoms with Crippen LogP contribution < -0.4 is 10.0 Å². The van der Waals surface area contributed by atoms with Gasteiger partial charge in [0.25, 0.3) is 0 Å². The van der Waals surface area contributed by atoms with E-state index in [1.807, 2.05) is 24.3 Å². The minimum absolute atomic E-state index is 0.129. The standard InChI is InChI=1S/C20H22N2O3S/c1-3-15-21-26(24,25)19-12-10-18(11-13-19)22-20(23)14-9-17-7-5-16(4-2)6-8-17/h3,5-14,21H,1,4,15H2,2H3,(H,22,23)/b14-9+. The van der Waals surface area contributed by atoms with E-state index in [9.17, 15) is 13.2 Å². The molecule has 1 amide bonds. The molecular formula is C20H22N2O3S. The van der Waals surface area contributed by atoms with E-state index in [0.29, 0.717) is 5.69 Å². The third-order valence-electron chi connectivity index (χ3n) is 3.66. The Morgan fingerprint density at radius 3 is 2.31 bits per heavy atom. The predicted molar refractivity (Wildman–Crippen MR) is 105 cm³/mol. The molecule has 2 aromatic carbocycles. The number of rotatable bonds is 8. The molecule has 26 heavy (non-hydrogen) atoms. The van der Waals surface area contributed by atoms with E-state index in [0.717, 1.165) is 12.0 Å². The van der Waals surface area contributed by atoms with Gasteiger partial charge in [-0.1, -0.05) is 37.3 Å². The maximum Gasteiger partial charge on any atom is 0.248 e. The molecule has 0 atom stereocenters. The van der Waals surface area contributed by atoms with Crippen molar-refractivity contribution < 1.29 is 13.2 Å². The summed E-state index contributed by atoms with van der Waals surface area (Å²) in [6, 6.07) is 13.9. The van der Waals surface area contributed by atoms with Crippen LogP contribution in [-0.4, -0.2) is 20.9 Å². The molecule has 0 saturated carbocycles. The zero-order valence-electron chi connectivity index (χ0n) is 14.6. The summed E-state index contributed by atoms with van der Waals surface area (Å²) in [6.45, 7) is 5.72. The molecule has 0 aliphatic rings. The van der Waals surface area contributed by atoms with Gasteiger partial charge in [0.2, 0.25) is 15.9 Å². The fraction of sp³-hybridized carbons (Fsp3) is 0.150. The smallest absolute Gasteiger partial charge is 0.248 e. The average molecular weight is 370 g/mol. The Hall–Kier alpha value is -2.70. The Balaban J connectivity index is 1.98. The Bertz CT molecular complexity index is 884. The van der Waals surface area contributed by atoms with Crippen molar-refractivity contribution in [2.75, 3.05) is 11.9 Å². The summed E-state index contributed by atoms with van der Waals surface area (Å²) in [5, 5.41) is 2.70. The molecule has 2 aromatic rings. The van der Waals surface area contributed by atoms with Crippen molar-refractivity contribution in [3.8, 4) is 0 Å². The summed E-state index contributed by atoms with van der Waals surface area (Å²) < 4.78 is 26.3. The average Bonchev–Trinajstić information content (AvgIpc) is 2.65. The molecule has 0 fully saturated rings. The van der Waals surface area contributed by atoms with Crippen molar-refractivity contribution in [3.63, 3.8) is 0 Å². The lowest BCUT2D eigenvalue weighted by Gasteiger charge is -2.06. The van der Waals surface area contributed by atoms with Gasteiger partial charge in [0, 0.05) is 18.3 Å². The number of anilines is 1. The molecule has 0 bridgehead atoms. The molecule has 0 aliphatic heterocycles. The maximum atomic E-state index is 12.0. The quantitative estimate of drug-likeness (QED) is 0.553. The van der Waals surface area contributed by atoms with Crippen LogP contribution in [0.1, 0.15) is 18.1 Å². The van der Waals surface area contributed by atoms with Crippen LogP contribution in [0.25, 0.3) is 6.08 Å². The third-order valence-corrected chi connectivity index (χ3v) is 5.10. The number of hydrogen-bond donors (Lipinski definition) is 2. The van der Waals surface area contributed by atoms with Gasteiger partial charge in [-0.2, -0.15) is 0 Å². The summed E-state index contributed by atoms with van der Waals surface area (Å²) in [7, 11) is -3.57. The second-order valence-corrected chi connectivity index (χ2v) is 7.35. The van der Waals surface area contributed by atoms with E-state index >= 15 is 0 Å². The highest BCUT2D eigenvalue weighted by Gasteiger charge is 2.12. The zero-order valence-corrected chi connectivity index (χ0v) is 15.4. The first kappa shape index (κ1) is 19.6. The SMILES string of the molecule is C=CCNS(=O)(=O)c1ccc(NC(=O)/C=C/c2ccc(CC)cc2)cc1. The molecule has 136 valence electrons. The highest BCUT2D eigenvalue weighted by atomic mass is 32.2. The first-order valence-electron chi connectivity index (χ1n) is 8.23. The lowest BCUT2D eigenvalue weighted by molar-refractivity contribution is -0.111. The van der Waals surface area contributed by atoms with E-state index in [1.165, 1.54) is 29.8 Å². The van der Waals surface area contributed by atoms with Crippen molar-refractivity contribution in [1.82, 2.24) is 4.72 Å². The summed E-state index contributed by atoms with van der Waals surface area (Å²) >= 11 is 0. The molecule has 2 N–H and O–H groups in total. The van der Waals surface area contributed by atoms with E-state index in [2.05, 4.69) is 23.5 Å². The number of carbonyl (C=O) groups excluding carboxylic acids is 1. The fourth-order valence-corrected chi connectivity index (χ4v) is 3.19. The summed E-state index contributed by atoms with van der Waals surface area (Å²) in [5.74, 6) is -0.287. The van der Waals surface area contributed by atoms with Crippen LogP contribution in [0.2, 0.25) is 0 Å².